The summed E-state index contributed by atoms with van der Waals surface area (Å²) >= 11 is 0. The number of nitrogens with one attached hydrogen (secondary N) is 1. The first-order chi connectivity index (χ1) is 6.69. The minimum absolute atomic E-state index is 0.161. The molecule has 0 aliphatic heterocycles. The highest BCUT2D eigenvalue weighted by Crippen LogP contribution is 2.27. The molecule has 0 aromatic carbocycles. The maximum atomic E-state index is 11.6. The quantitative estimate of drug-likeness (QED) is 0.676. The van der Waals surface area contributed by atoms with Gasteiger partial charge < -0.3 is 10.4 Å². The third kappa shape index (κ3) is 2.98. The Balaban J connectivity index is 2.33. The Morgan fingerprint density at radius 1 is 1.36 bits per heavy atom. The number of hydrogen-bond donors (Lipinski definition) is 2. The summed E-state index contributed by atoms with van der Waals surface area (Å²) < 4.78 is 0. The van der Waals surface area contributed by atoms with Crippen molar-refractivity contribution >= 4 is 5.91 Å². The van der Waals surface area contributed by atoms with E-state index in [0.717, 1.165) is 32.1 Å². The second kappa shape index (κ2) is 5.35. The molecule has 82 valence electrons. The number of amides is 1. The van der Waals surface area contributed by atoms with Crippen LogP contribution >= 0.6 is 0 Å². The van der Waals surface area contributed by atoms with Gasteiger partial charge in [-0.1, -0.05) is 32.6 Å². The normalized spacial score (nSPS) is 20.4. The Labute approximate surface area is 85.9 Å². The van der Waals surface area contributed by atoms with Gasteiger partial charge in [0.1, 0.15) is 5.60 Å². The van der Waals surface area contributed by atoms with Crippen LogP contribution in [0.25, 0.3) is 0 Å². The van der Waals surface area contributed by atoms with Crippen molar-refractivity contribution in [2.45, 2.75) is 57.5 Å². The van der Waals surface area contributed by atoms with Crippen molar-refractivity contribution < 1.29 is 9.90 Å². The number of carbonyl (C=O) groups is 1. The second-order valence-electron chi connectivity index (χ2n) is 4.20. The number of aliphatic hydroxyl groups is 1. The van der Waals surface area contributed by atoms with E-state index in [0.29, 0.717) is 19.4 Å². The highest BCUT2D eigenvalue weighted by atomic mass is 16.3. The lowest BCUT2D eigenvalue weighted by Crippen LogP contribution is -2.48. The lowest BCUT2D eigenvalue weighted by molar-refractivity contribution is -0.143. The van der Waals surface area contributed by atoms with E-state index in [9.17, 15) is 9.90 Å². The van der Waals surface area contributed by atoms with Crippen LogP contribution in [0.1, 0.15) is 51.9 Å². The molecule has 0 unspecified atom stereocenters. The summed E-state index contributed by atoms with van der Waals surface area (Å²) in [5, 5.41) is 12.8. The lowest BCUT2D eigenvalue weighted by Gasteiger charge is -2.30. The van der Waals surface area contributed by atoms with Crippen LogP contribution in [0.5, 0.6) is 0 Å². The molecule has 1 saturated carbocycles. The standard InChI is InChI=1S/C11H21NO2/c1-2-3-9-12-10(13)11(14)7-5-4-6-8-11/h14H,2-9H2,1H3,(H,12,13). The van der Waals surface area contributed by atoms with E-state index in [2.05, 4.69) is 12.2 Å². The molecule has 0 spiro atoms. The fraction of sp³-hybridized carbons (Fsp3) is 0.909. The number of carbonyl (C=O) groups excluding carboxylic acids is 1. The third-order valence-electron chi connectivity index (χ3n) is 2.92. The average Bonchev–Trinajstić information content (AvgIpc) is 2.19. The van der Waals surface area contributed by atoms with Gasteiger partial charge in [-0.3, -0.25) is 4.79 Å². The summed E-state index contributed by atoms with van der Waals surface area (Å²) in [6, 6.07) is 0. The Bertz CT molecular complexity index is 186. The summed E-state index contributed by atoms with van der Waals surface area (Å²) in [6.07, 6.45) is 6.40. The van der Waals surface area contributed by atoms with Gasteiger partial charge in [0.2, 0.25) is 0 Å². The molecule has 1 aliphatic rings. The van der Waals surface area contributed by atoms with Gasteiger partial charge in [0, 0.05) is 6.54 Å². The van der Waals surface area contributed by atoms with E-state index in [1.165, 1.54) is 0 Å². The van der Waals surface area contributed by atoms with Crippen molar-refractivity contribution in [1.82, 2.24) is 5.32 Å². The topological polar surface area (TPSA) is 49.3 Å². The minimum atomic E-state index is -1.06. The fourth-order valence-electron chi connectivity index (χ4n) is 1.91. The first kappa shape index (κ1) is 11.5. The number of unbranched alkanes of at least 4 members (excludes halogenated alkanes) is 1. The van der Waals surface area contributed by atoms with Gasteiger partial charge in [0.05, 0.1) is 0 Å². The molecule has 1 aliphatic carbocycles. The maximum Gasteiger partial charge on any atom is 0.251 e. The van der Waals surface area contributed by atoms with Crippen molar-refractivity contribution in [3.63, 3.8) is 0 Å². The molecule has 2 N–H and O–H groups in total. The molecule has 1 fully saturated rings. The van der Waals surface area contributed by atoms with Crippen molar-refractivity contribution in [3.05, 3.63) is 0 Å². The van der Waals surface area contributed by atoms with Crippen LogP contribution in [0.3, 0.4) is 0 Å². The van der Waals surface area contributed by atoms with E-state index in [1.807, 2.05) is 0 Å². The molecule has 3 heteroatoms. The van der Waals surface area contributed by atoms with Crippen LogP contribution < -0.4 is 5.32 Å². The van der Waals surface area contributed by atoms with Crippen molar-refractivity contribution in [2.24, 2.45) is 0 Å². The van der Waals surface area contributed by atoms with Crippen LogP contribution in [0, 0.1) is 0 Å². The minimum Gasteiger partial charge on any atom is -0.380 e. The highest BCUT2D eigenvalue weighted by Gasteiger charge is 2.36. The van der Waals surface area contributed by atoms with Gasteiger partial charge in [-0.25, -0.2) is 0 Å². The molecule has 0 atom stereocenters. The van der Waals surface area contributed by atoms with E-state index < -0.39 is 5.60 Å². The predicted molar refractivity (Wildman–Crippen MR) is 56.0 cm³/mol. The van der Waals surface area contributed by atoms with Gasteiger partial charge in [-0.2, -0.15) is 0 Å². The Kier molecular flexibility index (Phi) is 4.39. The first-order valence-electron chi connectivity index (χ1n) is 5.70. The summed E-state index contributed by atoms with van der Waals surface area (Å²) in [7, 11) is 0. The molecule has 0 radical (unpaired) electrons. The molecule has 3 nitrogen and oxygen atoms in total. The smallest absolute Gasteiger partial charge is 0.251 e. The molecule has 14 heavy (non-hydrogen) atoms. The van der Waals surface area contributed by atoms with E-state index in [1.54, 1.807) is 0 Å². The molecule has 1 rings (SSSR count). The Morgan fingerprint density at radius 2 is 2.00 bits per heavy atom. The highest BCUT2D eigenvalue weighted by molar-refractivity contribution is 5.84. The zero-order chi connectivity index (χ0) is 10.4. The van der Waals surface area contributed by atoms with Gasteiger partial charge in [0.15, 0.2) is 0 Å². The Hall–Kier alpha value is -0.570. The van der Waals surface area contributed by atoms with Gasteiger partial charge in [-0.15, -0.1) is 0 Å². The first-order valence-corrected chi connectivity index (χ1v) is 5.70. The zero-order valence-electron chi connectivity index (χ0n) is 9.01. The van der Waals surface area contributed by atoms with Crippen molar-refractivity contribution in [3.8, 4) is 0 Å². The molecule has 0 heterocycles. The predicted octanol–water partition coefficient (Wildman–Crippen LogP) is 1.60. The number of rotatable bonds is 4. The van der Waals surface area contributed by atoms with Crippen LogP contribution in [0.2, 0.25) is 0 Å². The molecule has 0 aromatic rings. The van der Waals surface area contributed by atoms with Crippen LogP contribution in [-0.2, 0) is 4.79 Å². The molecule has 1 amide bonds. The average molecular weight is 199 g/mol. The summed E-state index contributed by atoms with van der Waals surface area (Å²) in [5.74, 6) is -0.161. The van der Waals surface area contributed by atoms with Crippen LogP contribution in [0.15, 0.2) is 0 Å². The largest absolute Gasteiger partial charge is 0.380 e. The molecule has 0 aromatic heterocycles. The summed E-state index contributed by atoms with van der Waals surface area (Å²) in [5.41, 5.74) is -1.06. The second-order valence-corrected chi connectivity index (χ2v) is 4.20. The summed E-state index contributed by atoms with van der Waals surface area (Å²) in [4.78, 5) is 11.6. The van der Waals surface area contributed by atoms with Crippen molar-refractivity contribution in [1.29, 1.82) is 0 Å². The van der Waals surface area contributed by atoms with E-state index in [-0.39, 0.29) is 5.91 Å². The molecule has 0 bridgehead atoms. The van der Waals surface area contributed by atoms with Gasteiger partial charge >= 0.3 is 0 Å². The Morgan fingerprint density at radius 3 is 2.57 bits per heavy atom. The van der Waals surface area contributed by atoms with E-state index >= 15 is 0 Å². The molecular formula is C11H21NO2. The monoisotopic (exact) mass is 199 g/mol. The SMILES string of the molecule is CCCCNC(=O)C1(O)CCCCC1. The summed E-state index contributed by atoms with van der Waals surface area (Å²) in [6.45, 7) is 2.78. The fourth-order valence-corrected chi connectivity index (χ4v) is 1.91. The number of hydrogen-bond acceptors (Lipinski definition) is 2. The maximum absolute atomic E-state index is 11.6. The van der Waals surface area contributed by atoms with Gasteiger partial charge in [-0.05, 0) is 19.3 Å². The van der Waals surface area contributed by atoms with Crippen molar-refractivity contribution in [2.75, 3.05) is 6.54 Å². The third-order valence-corrected chi connectivity index (χ3v) is 2.92. The zero-order valence-corrected chi connectivity index (χ0v) is 9.01. The van der Waals surface area contributed by atoms with Crippen LogP contribution in [-0.4, -0.2) is 23.2 Å². The molecular weight excluding hydrogens is 178 g/mol. The van der Waals surface area contributed by atoms with Gasteiger partial charge in [0.25, 0.3) is 5.91 Å². The molecule has 0 saturated heterocycles. The lowest BCUT2D eigenvalue weighted by atomic mass is 9.84. The van der Waals surface area contributed by atoms with E-state index in [4.69, 9.17) is 0 Å². The van der Waals surface area contributed by atoms with Crippen LogP contribution in [0.4, 0.5) is 0 Å².